The summed E-state index contributed by atoms with van der Waals surface area (Å²) in [6.45, 7) is 1.23. The number of halogens is 1. The maximum Gasteiger partial charge on any atom is 0.251 e. The third-order valence-electron chi connectivity index (χ3n) is 4.86. The zero-order chi connectivity index (χ0) is 18.4. The Morgan fingerprint density at radius 2 is 2.00 bits per heavy atom. The van der Waals surface area contributed by atoms with Crippen LogP contribution in [0.2, 0.25) is 0 Å². The Morgan fingerprint density at radius 3 is 2.69 bits per heavy atom. The lowest BCUT2D eigenvalue weighted by Crippen LogP contribution is -2.46. The molecule has 4 nitrogen and oxygen atoms in total. The highest BCUT2D eigenvalue weighted by molar-refractivity contribution is 5.94. The number of carbonyl (C=O) groups is 1. The molecule has 1 atom stereocenters. The summed E-state index contributed by atoms with van der Waals surface area (Å²) in [5, 5.41) is 13.2. The van der Waals surface area contributed by atoms with Crippen LogP contribution in [0.25, 0.3) is 0 Å². The van der Waals surface area contributed by atoms with E-state index < -0.39 is 11.8 Å². The number of benzene rings is 1. The van der Waals surface area contributed by atoms with Crippen LogP contribution in [0.15, 0.2) is 35.9 Å². The fraction of sp³-hybridized carbons (Fsp3) is 0.476. The van der Waals surface area contributed by atoms with Crippen molar-refractivity contribution in [2.24, 2.45) is 0 Å². The quantitative estimate of drug-likeness (QED) is 0.818. The first-order chi connectivity index (χ1) is 12.6. The average molecular weight is 357 g/mol. The van der Waals surface area contributed by atoms with Gasteiger partial charge >= 0.3 is 0 Å². The van der Waals surface area contributed by atoms with Crippen molar-refractivity contribution in [1.82, 2.24) is 5.32 Å². The minimum Gasteiger partial charge on any atom is -0.388 e. The largest absolute Gasteiger partial charge is 0.388 e. The number of aliphatic hydroxyl groups is 1. The van der Waals surface area contributed by atoms with Crippen LogP contribution in [0, 0.1) is 11.8 Å². The summed E-state index contributed by atoms with van der Waals surface area (Å²) < 4.78 is 19.0. The van der Waals surface area contributed by atoms with Crippen LogP contribution in [0.4, 0.5) is 4.39 Å². The lowest BCUT2D eigenvalue weighted by molar-refractivity contribution is -0.0605. The van der Waals surface area contributed by atoms with Gasteiger partial charge in [-0.1, -0.05) is 17.9 Å². The number of allylic oxidation sites excluding steroid dienone is 2. The Bertz CT molecular complexity index is 724. The number of hydrogen-bond acceptors (Lipinski definition) is 3. The average Bonchev–Trinajstić information content (AvgIpc) is 2.67. The lowest BCUT2D eigenvalue weighted by atomic mass is 9.94. The molecule has 0 spiro atoms. The van der Waals surface area contributed by atoms with Crippen molar-refractivity contribution in [2.75, 3.05) is 19.8 Å². The number of amides is 1. The number of hydrogen-bond donors (Lipinski definition) is 2. The van der Waals surface area contributed by atoms with Crippen LogP contribution in [0.1, 0.15) is 48.0 Å². The van der Waals surface area contributed by atoms with Gasteiger partial charge < -0.3 is 15.2 Å². The van der Waals surface area contributed by atoms with Crippen LogP contribution in [0.5, 0.6) is 0 Å². The third-order valence-corrected chi connectivity index (χ3v) is 4.86. The normalized spacial score (nSPS) is 21.9. The Morgan fingerprint density at radius 1 is 1.27 bits per heavy atom. The molecule has 5 heteroatoms. The molecule has 1 saturated heterocycles. The molecule has 3 rings (SSSR count). The summed E-state index contributed by atoms with van der Waals surface area (Å²) in [7, 11) is 0. The molecule has 1 amide bonds. The van der Waals surface area contributed by atoms with Gasteiger partial charge in [-0.2, -0.15) is 0 Å². The fourth-order valence-electron chi connectivity index (χ4n) is 3.09. The van der Waals surface area contributed by atoms with Crippen LogP contribution < -0.4 is 5.32 Å². The fourth-order valence-corrected chi connectivity index (χ4v) is 3.09. The highest BCUT2D eigenvalue weighted by Gasteiger charge is 2.30. The minimum atomic E-state index is -0.961. The van der Waals surface area contributed by atoms with Gasteiger partial charge in [-0.15, -0.1) is 0 Å². The predicted octanol–water partition coefficient (Wildman–Crippen LogP) is 2.76. The molecule has 138 valence electrons. The first-order valence-corrected chi connectivity index (χ1v) is 9.10. The van der Waals surface area contributed by atoms with Crippen molar-refractivity contribution in [2.45, 2.75) is 43.9 Å². The van der Waals surface area contributed by atoms with Gasteiger partial charge in [0, 0.05) is 49.3 Å². The Labute approximate surface area is 153 Å². The highest BCUT2D eigenvalue weighted by atomic mass is 19.1. The molecule has 1 aromatic rings. The molecule has 1 unspecified atom stereocenters. The van der Waals surface area contributed by atoms with Crippen LogP contribution >= 0.6 is 0 Å². The summed E-state index contributed by atoms with van der Waals surface area (Å²) in [5.41, 5.74) is 0.910. The second kappa shape index (κ2) is 8.48. The van der Waals surface area contributed by atoms with E-state index in [4.69, 9.17) is 4.74 Å². The van der Waals surface area contributed by atoms with Gasteiger partial charge in [-0.25, -0.2) is 4.39 Å². The van der Waals surface area contributed by atoms with E-state index in [0.717, 1.165) is 18.4 Å². The molecule has 1 aromatic carbocycles. The molecule has 1 heterocycles. The van der Waals surface area contributed by atoms with Crippen molar-refractivity contribution in [3.63, 3.8) is 0 Å². The molecule has 1 aliphatic heterocycles. The van der Waals surface area contributed by atoms with Gasteiger partial charge in [0.25, 0.3) is 5.91 Å². The SMILES string of the molecule is O=C(NCC1(O)CCOCC1)c1ccc(C#CC2=CCCCC2F)cc1. The van der Waals surface area contributed by atoms with Gasteiger partial charge in [0.2, 0.25) is 0 Å². The van der Waals surface area contributed by atoms with E-state index in [1.54, 1.807) is 24.3 Å². The lowest BCUT2D eigenvalue weighted by Gasteiger charge is -2.32. The Kier molecular flexibility index (Phi) is 6.08. The zero-order valence-corrected chi connectivity index (χ0v) is 14.8. The third kappa shape index (κ3) is 4.94. The summed E-state index contributed by atoms with van der Waals surface area (Å²) in [6.07, 6.45) is 4.24. The summed E-state index contributed by atoms with van der Waals surface area (Å²) in [4.78, 5) is 12.2. The monoisotopic (exact) mass is 357 g/mol. The number of nitrogens with one attached hydrogen (secondary N) is 1. The first-order valence-electron chi connectivity index (χ1n) is 9.10. The van der Waals surface area contributed by atoms with E-state index in [1.807, 2.05) is 6.08 Å². The van der Waals surface area contributed by atoms with Gasteiger partial charge in [0.05, 0.1) is 5.60 Å². The van der Waals surface area contributed by atoms with Gasteiger partial charge in [0.15, 0.2) is 0 Å². The zero-order valence-electron chi connectivity index (χ0n) is 14.8. The first kappa shape index (κ1) is 18.6. The number of rotatable bonds is 3. The standard InChI is InChI=1S/C21H24FNO3/c22-19-4-2-1-3-17(19)8-5-16-6-9-18(10-7-16)20(24)23-15-21(25)11-13-26-14-12-21/h3,6-7,9-10,19,25H,1-2,4,11-15H2,(H,23,24). The minimum absolute atomic E-state index is 0.211. The van der Waals surface area contributed by atoms with Crippen molar-refractivity contribution in [1.29, 1.82) is 0 Å². The summed E-state index contributed by atoms with van der Waals surface area (Å²) in [5.74, 6) is 5.62. The van der Waals surface area contributed by atoms with E-state index in [2.05, 4.69) is 17.2 Å². The molecule has 0 bridgehead atoms. The molecular formula is C21H24FNO3. The number of ether oxygens (including phenoxy) is 1. The van der Waals surface area contributed by atoms with Crippen molar-refractivity contribution in [3.8, 4) is 11.8 Å². The van der Waals surface area contributed by atoms with Crippen molar-refractivity contribution < 1.29 is 19.0 Å². The molecule has 2 N–H and O–H groups in total. The molecule has 26 heavy (non-hydrogen) atoms. The second-order valence-corrected chi connectivity index (χ2v) is 6.90. The van der Waals surface area contributed by atoms with E-state index in [9.17, 15) is 14.3 Å². The van der Waals surface area contributed by atoms with E-state index in [1.165, 1.54) is 0 Å². The van der Waals surface area contributed by atoms with E-state index >= 15 is 0 Å². The molecule has 0 aromatic heterocycles. The van der Waals surface area contributed by atoms with Crippen LogP contribution in [-0.2, 0) is 4.74 Å². The maximum absolute atomic E-state index is 13.7. The van der Waals surface area contributed by atoms with Crippen molar-refractivity contribution >= 4 is 5.91 Å². The predicted molar refractivity (Wildman–Crippen MR) is 97.5 cm³/mol. The van der Waals surface area contributed by atoms with E-state index in [0.29, 0.717) is 43.6 Å². The molecule has 0 radical (unpaired) electrons. The van der Waals surface area contributed by atoms with Gasteiger partial charge in [-0.05, 0) is 43.5 Å². The smallest absolute Gasteiger partial charge is 0.251 e. The maximum atomic E-state index is 13.7. The number of carbonyl (C=O) groups excluding carboxylic acids is 1. The molecule has 0 saturated carbocycles. The summed E-state index contributed by atoms with van der Waals surface area (Å²) in [6, 6.07) is 6.88. The van der Waals surface area contributed by atoms with Crippen molar-refractivity contribution in [3.05, 3.63) is 47.0 Å². The van der Waals surface area contributed by atoms with E-state index in [-0.39, 0.29) is 12.5 Å². The van der Waals surface area contributed by atoms with Gasteiger partial charge in [0.1, 0.15) is 6.17 Å². The highest BCUT2D eigenvalue weighted by Crippen LogP contribution is 2.21. The second-order valence-electron chi connectivity index (χ2n) is 6.90. The van der Waals surface area contributed by atoms with Crippen LogP contribution in [-0.4, -0.2) is 42.5 Å². The van der Waals surface area contributed by atoms with Crippen LogP contribution in [0.3, 0.4) is 0 Å². The van der Waals surface area contributed by atoms with Gasteiger partial charge in [-0.3, -0.25) is 4.79 Å². The summed E-state index contributed by atoms with van der Waals surface area (Å²) >= 11 is 0. The molecule has 1 aliphatic carbocycles. The topological polar surface area (TPSA) is 58.6 Å². The molecule has 1 fully saturated rings. The molecular weight excluding hydrogens is 333 g/mol. The Balaban J connectivity index is 1.57. The molecule has 2 aliphatic rings. The number of alkyl halides is 1. The Hall–Kier alpha value is -2.16.